The number of hydrogen-bond donors (Lipinski definition) is 0. The van der Waals surface area contributed by atoms with Crippen molar-refractivity contribution in [2.24, 2.45) is 0 Å². The van der Waals surface area contributed by atoms with Crippen LogP contribution in [0.2, 0.25) is 0 Å². The molecule has 0 saturated carbocycles. The first-order valence-corrected chi connectivity index (χ1v) is 25.7. The monoisotopic (exact) mass is 875 g/mol. The highest BCUT2D eigenvalue weighted by Crippen LogP contribution is 2.13. The third kappa shape index (κ3) is 49.2. The van der Waals surface area contributed by atoms with Gasteiger partial charge in [-0.15, -0.1) is 0 Å². The summed E-state index contributed by atoms with van der Waals surface area (Å²) in [6, 6.07) is 0. The van der Waals surface area contributed by atoms with Crippen molar-refractivity contribution in [1.82, 2.24) is 0 Å². The molecule has 0 radical (unpaired) electrons. The standard InChI is InChI=1S/C57H94O6/c1-4-7-10-13-16-19-21-23-25-27-28-30-31-33-35-38-41-44-47-50-56(59)62-53-54(52-61-55(58)49-46-43-40-37-18-15-12-9-6-3)63-57(60)51-48-45-42-39-36-34-32-29-26-24-22-20-17-14-11-8-5-2/h7,9-10,12,16-20,23-26,28,30,37,54H,4-6,8,11,13-15,21-22,27,29,31-36,38-53H2,1-3H3/b10-7-,12-9-,19-16-,20-17-,25-23-,26-24-,30-28-,37-18-. The Morgan fingerprint density at radius 1 is 0.333 bits per heavy atom. The molecule has 1 atom stereocenters. The number of ether oxygens (including phenoxy) is 3. The van der Waals surface area contributed by atoms with Crippen molar-refractivity contribution >= 4 is 17.9 Å². The molecule has 0 spiro atoms. The average molecular weight is 875 g/mol. The van der Waals surface area contributed by atoms with Crippen LogP contribution < -0.4 is 0 Å². The van der Waals surface area contributed by atoms with Gasteiger partial charge in [-0.05, 0) is 116 Å². The summed E-state index contributed by atoms with van der Waals surface area (Å²) in [5, 5.41) is 0. The van der Waals surface area contributed by atoms with E-state index in [4.69, 9.17) is 14.2 Å². The number of carbonyl (C=O) groups excluding carboxylic acids is 3. The van der Waals surface area contributed by atoms with E-state index >= 15 is 0 Å². The third-order valence-corrected chi connectivity index (χ3v) is 10.6. The molecule has 0 saturated heterocycles. The highest BCUT2D eigenvalue weighted by Gasteiger charge is 2.19. The lowest BCUT2D eigenvalue weighted by molar-refractivity contribution is -0.167. The fraction of sp³-hybridized carbons (Fsp3) is 0.667. The van der Waals surface area contributed by atoms with Crippen molar-refractivity contribution in [1.29, 1.82) is 0 Å². The number of allylic oxidation sites excluding steroid dienone is 16. The smallest absolute Gasteiger partial charge is 0.306 e. The Balaban J connectivity index is 4.38. The topological polar surface area (TPSA) is 78.9 Å². The molecule has 63 heavy (non-hydrogen) atoms. The third-order valence-electron chi connectivity index (χ3n) is 10.6. The van der Waals surface area contributed by atoms with Gasteiger partial charge in [0.2, 0.25) is 0 Å². The molecule has 358 valence electrons. The Morgan fingerprint density at radius 3 is 1.00 bits per heavy atom. The van der Waals surface area contributed by atoms with Crippen LogP contribution in [-0.2, 0) is 28.6 Å². The zero-order valence-corrected chi connectivity index (χ0v) is 40.8. The van der Waals surface area contributed by atoms with Crippen molar-refractivity contribution in [2.75, 3.05) is 13.2 Å². The van der Waals surface area contributed by atoms with Crippen LogP contribution >= 0.6 is 0 Å². The Hall–Kier alpha value is -3.67. The molecular weight excluding hydrogens is 781 g/mol. The van der Waals surface area contributed by atoms with E-state index in [-0.39, 0.29) is 31.1 Å². The van der Waals surface area contributed by atoms with Crippen LogP contribution in [-0.4, -0.2) is 37.2 Å². The molecule has 0 heterocycles. The zero-order valence-electron chi connectivity index (χ0n) is 40.8. The summed E-state index contributed by atoms with van der Waals surface area (Å²) in [4.78, 5) is 37.9. The van der Waals surface area contributed by atoms with Crippen molar-refractivity contribution in [3.63, 3.8) is 0 Å². The van der Waals surface area contributed by atoms with Gasteiger partial charge in [-0.25, -0.2) is 0 Å². The molecule has 0 aliphatic carbocycles. The van der Waals surface area contributed by atoms with Gasteiger partial charge in [0, 0.05) is 19.3 Å². The van der Waals surface area contributed by atoms with Crippen LogP contribution in [0.4, 0.5) is 0 Å². The summed E-state index contributed by atoms with van der Waals surface area (Å²) in [6.45, 7) is 6.32. The number of carbonyl (C=O) groups is 3. The van der Waals surface area contributed by atoms with Gasteiger partial charge in [0.25, 0.3) is 0 Å². The van der Waals surface area contributed by atoms with E-state index in [0.29, 0.717) is 19.3 Å². The lowest BCUT2D eigenvalue weighted by Gasteiger charge is -2.18. The van der Waals surface area contributed by atoms with Gasteiger partial charge in [0.15, 0.2) is 6.10 Å². The molecule has 0 aromatic rings. The molecule has 0 aliphatic rings. The SMILES string of the molecule is CC/C=C\C/C=C\C/C=C\C/C=C\CCCCCCCCC(=O)OCC(COC(=O)CCCC/C=C\C/C=C\CC)OC(=O)CCCCCCCCC/C=C\C/C=C\CCCCC. The van der Waals surface area contributed by atoms with E-state index < -0.39 is 6.10 Å². The van der Waals surface area contributed by atoms with E-state index in [9.17, 15) is 14.4 Å². The lowest BCUT2D eigenvalue weighted by Crippen LogP contribution is -2.30. The second kappa shape index (κ2) is 51.0. The van der Waals surface area contributed by atoms with Crippen molar-refractivity contribution in [3.05, 3.63) is 97.2 Å². The molecule has 0 bridgehead atoms. The van der Waals surface area contributed by atoms with Gasteiger partial charge in [0.05, 0.1) is 0 Å². The first kappa shape index (κ1) is 59.3. The van der Waals surface area contributed by atoms with Crippen LogP contribution in [0, 0.1) is 0 Å². The van der Waals surface area contributed by atoms with E-state index in [1.165, 1.54) is 64.2 Å². The summed E-state index contributed by atoms with van der Waals surface area (Å²) < 4.78 is 16.7. The second-order valence-corrected chi connectivity index (χ2v) is 16.7. The minimum atomic E-state index is -0.800. The van der Waals surface area contributed by atoms with Gasteiger partial charge in [0.1, 0.15) is 13.2 Å². The molecule has 0 amide bonds. The molecule has 0 fully saturated rings. The maximum Gasteiger partial charge on any atom is 0.306 e. The van der Waals surface area contributed by atoms with Gasteiger partial charge in [-0.3, -0.25) is 14.4 Å². The normalized spacial score (nSPS) is 12.9. The highest BCUT2D eigenvalue weighted by atomic mass is 16.6. The quantitative estimate of drug-likeness (QED) is 0.0262. The first-order chi connectivity index (χ1) is 31.0. The minimum absolute atomic E-state index is 0.0998. The number of hydrogen-bond acceptors (Lipinski definition) is 6. The zero-order chi connectivity index (χ0) is 45.8. The molecule has 0 aliphatic heterocycles. The summed E-state index contributed by atoms with van der Waals surface area (Å²) in [6.07, 6.45) is 66.9. The number of unbranched alkanes of at least 4 members (excludes halogenated alkanes) is 18. The predicted molar refractivity (Wildman–Crippen MR) is 270 cm³/mol. The van der Waals surface area contributed by atoms with E-state index in [1.54, 1.807) is 0 Å². The van der Waals surface area contributed by atoms with Crippen molar-refractivity contribution in [2.45, 2.75) is 232 Å². The van der Waals surface area contributed by atoms with Gasteiger partial charge in [-0.2, -0.15) is 0 Å². The largest absolute Gasteiger partial charge is 0.462 e. The van der Waals surface area contributed by atoms with E-state index in [2.05, 4.69) is 118 Å². The van der Waals surface area contributed by atoms with Gasteiger partial charge >= 0.3 is 17.9 Å². The van der Waals surface area contributed by atoms with Crippen molar-refractivity contribution in [3.8, 4) is 0 Å². The Morgan fingerprint density at radius 2 is 0.619 bits per heavy atom. The summed E-state index contributed by atoms with van der Waals surface area (Å²) in [7, 11) is 0. The maximum absolute atomic E-state index is 12.8. The second-order valence-electron chi connectivity index (χ2n) is 16.7. The van der Waals surface area contributed by atoms with E-state index in [0.717, 1.165) is 122 Å². The van der Waals surface area contributed by atoms with Crippen LogP contribution in [0.5, 0.6) is 0 Å². The molecule has 0 aromatic carbocycles. The number of esters is 3. The lowest BCUT2D eigenvalue weighted by atomic mass is 10.1. The Labute approximate surface area is 387 Å². The van der Waals surface area contributed by atoms with Gasteiger partial charge < -0.3 is 14.2 Å². The Kier molecular flexibility index (Phi) is 48.0. The van der Waals surface area contributed by atoms with Gasteiger partial charge in [-0.1, -0.05) is 189 Å². The fourth-order valence-electron chi connectivity index (χ4n) is 6.73. The van der Waals surface area contributed by atoms with Crippen LogP contribution in [0.25, 0.3) is 0 Å². The summed E-state index contributed by atoms with van der Waals surface area (Å²) >= 11 is 0. The molecule has 6 nitrogen and oxygen atoms in total. The van der Waals surface area contributed by atoms with Crippen LogP contribution in [0.1, 0.15) is 226 Å². The summed E-state index contributed by atoms with van der Waals surface area (Å²) in [5.74, 6) is -0.962. The predicted octanol–water partition coefficient (Wildman–Crippen LogP) is 17.0. The van der Waals surface area contributed by atoms with E-state index in [1.807, 2.05) is 0 Å². The molecule has 0 N–H and O–H groups in total. The highest BCUT2D eigenvalue weighted by molar-refractivity contribution is 5.71. The number of rotatable bonds is 45. The average Bonchev–Trinajstić information content (AvgIpc) is 3.28. The van der Waals surface area contributed by atoms with Crippen molar-refractivity contribution < 1.29 is 28.6 Å². The Bertz CT molecular complexity index is 1280. The minimum Gasteiger partial charge on any atom is -0.462 e. The maximum atomic E-state index is 12.8. The fourth-order valence-corrected chi connectivity index (χ4v) is 6.73. The molecule has 0 aromatic heterocycles. The first-order valence-electron chi connectivity index (χ1n) is 25.7. The molecule has 1 unspecified atom stereocenters. The summed E-state index contributed by atoms with van der Waals surface area (Å²) in [5.41, 5.74) is 0. The molecule has 6 heteroatoms. The van der Waals surface area contributed by atoms with Crippen LogP contribution in [0.3, 0.4) is 0 Å². The van der Waals surface area contributed by atoms with Crippen LogP contribution in [0.15, 0.2) is 97.2 Å². The molecule has 0 rings (SSSR count). The molecular formula is C57H94O6.